The Kier molecular flexibility index (Phi) is 7.44. The Morgan fingerprint density at radius 2 is 1.73 bits per heavy atom. The minimum Gasteiger partial charge on any atom is -0.465 e. The van der Waals surface area contributed by atoms with E-state index >= 15 is 0 Å². The van der Waals surface area contributed by atoms with Gasteiger partial charge in [0, 0.05) is 26.2 Å². The second-order valence-electron chi connectivity index (χ2n) is 7.44. The number of carboxylic acid groups (broad SMARTS) is 2. The first-order valence-electron chi connectivity index (χ1n) is 10.2. The van der Waals surface area contributed by atoms with Crippen LogP contribution in [0.15, 0.2) is 42.5 Å². The molecule has 33 heavy (non-hydrogen) atoms. The second-order valence-corrected chi connectivity index (χ2v) is 7.44. The van der Waals surface area contributed by atoms with E-state index in [1.165, 1.54) is 12.1 Å². The Hall–Kier alpha value is -4.15. The minimum absolute atomic E-state index is 0.0161. The van der Waals surface area contributed by atoms with Crippen molar-refractivity contribution in [2.45, 2.75) is 18.9 Å². The molecule has 0 fully saturated rings. The van der Waals surface area contributed by atoms with Crippen molar-refractivity contribution in [2.24, 2.45) is 7.05 Å². The normalized spacial score (nSPS) is 11.7. The molecule has 174 valence electrons. The summed E-state index contributed by atoms with van der Waals surface area (Å²) in [5.74, 6) is -0.647. The Balaban J connectivity index is 1.69. The molecule has 0 saturated heterocycles. The lowest BCUT2D eigenvalue weighted by Crippen LogP contribution is -2.44. The van der Waals surface area contributed by atoms with Crippen LogP contribution in [0.4, 0.5) is 14.0 Å². The number of nitrogens with zero attached hydrogens (tertiary/aromatic N) is 2. The average molecular weight is 457 g/mol. The van der Waals surface area contributed by atoms with E-state index < -0.39 is 24.1 Å². The lowest BCUT2D eigenvalue weighted by atomic mass is 10.1. The first-order valence-corrected chi connectivity index (χ1v) is 10.2. The lowest BCUT2D eigenvalue weighted by molar-refractivity contribution is 0.0934. The Labute approximate surface area is 188 Å². The number of fused-ring (bicyclic) bond motifs is 1. The molecule has 11 heteroatoms. The first kappa shape index (κ1) is 23.5. The van der Waals surface area contributed by atoms with Crippen molar-refractivity contribution in [1.82, 2.24) is 25.5 Å². The highest BCUT2D eigenvalue weighted by Crippen LogP contribution is 2.25. The zero-order chi connectivity index (χ0) is 24.0. The molecule has 0 unspecified atom stereocenters. The number of halogens is 1. The SMILES string of the molecule is Cn1c(C(=O)NC[C@H](CCCNC(=O)O)NC(=O)O)nc2cc(-c3ccc(F)cc3)ccc21. The zero-order valence-corrected chi connectivity index (χ0v) is 17.8. The van der Waals surface area contributed by atoms with Crippen LogP contribution >= 0.6 is 0 Å². The first-order chi connectivity index (χ1) is 15.7. The van der Waals surface area contributed by atoms with E-state index in [0.717, 1.165) is 16.6 Å². The molecule has 0 radical (unpaired) electrons. The summed E-state index contributed by atoms with van der Waals surface area (Å²) in [5.41, 5.74) is 2.96. The molecule has 0 aliphatic rings. The summed E-state index contributed by atoms with van der Waals surface area (Å²) >= 11 is 0. The molecule has 0 saturated carbocycles. The predicted molar refractivity (Wildman–Crippen MR) is 119 cm³/mol. The van der Waals surface area contributed by atoms with Crippen LogP contribution in [-0.4, -0.2) is 57.0 Å². The summed E-state index contributed by atoms with van der Waals surface area (Å²) in [6, 6.07) is 11.0. The van der Waals surface area contributed by atoms with E-state index in [9.17, 15) is 18.8 Å². The highest BCUT2D eigenvalue weighted by atomic mass is 19.1. The van der Waals surface area contributed by atoms with Gasteiger partial charge in [0.1, 0.15) is 5.82 Å². The number of benzene rings is 2. The number of hydrogen-bond acceptors (Lipinski definition) is 4. The molecule has 1 aromatic heterocycles. The smallest absolute Gasteiger partial charge is 0.404 e. The molecule has 0 bridgehead atoms. The van der Waals surface area contributed by atoms with E-state index in [0.29, 0.717) is 18.4 Å². The van der Waals surface area contributed by atoms with Gasteiger partial charge in [-0.3, -0.25) is 4.79 Å². The topological polar surface area (TPSA) is 146 Å². The number of amides is 3. The fraction of sp³-hybridized carbons (Fsp3) is 0.273. The maximum Gasteiger partial charge on any atom is 0.404 e. The Morgan fingerprint density at radius 1 is 1.03 bits per heavy atom. The number of carbonyl (C=O) groups is 3. The summed E-state index contributed by atoms with van der Waals surface area (Å²) in [4.78, 5) is 38.7. The molecule has 1 atom stereocenters. The van der Waals surface area contributed by atoms with Gasteiger partial charge in [-0.1, -0.05) is 18.2 Å². The maximum absolute atomic E-state index is 13.2. The molecule has 10 nitrogen and oxygen atoms in total. The number of rotatable bonds is 9. The van der Waals surface area contributed by atoms with Crippen molar-refractivity contribution in [1.29, 1.82) is 0 Å². The molecule has 2 aromatic carbocycles. The summed E-state index contributed by atoms with van der Waals surface area (Å²) in [6.45, 7) is 0.185. The number of aryl methyl sites for hydroxylation is 1. The number of imidazole rings is 1. The van der Waals surface area contributed by atoms with Crippen LogP contribution in [0.5, 0.6) is 0 Å². The third kappa shape index (κ3) is 6.19. The van der Waals surface area contributed by atoms with Crippen molar-refractivity contribution in [3.05, 3.63) is 54.1 Å². The molecule has 3 aromatic rings. The molecule has 3 rings (SSSR count). The number of aromatic nitrogens is 2. The maximum atomic E-state index is 13.2. The molecule has 0 spiro atoms. The minimum atomic E-state index is -1.24. The van der Waals surface area contributed by atoms with Crippen molar-refractivity contribution < 1.29 is 29.0 Å². The summed E-state index contributed by atoms with van der Waals surface area (Å²) in [5, 5.41) is 24.8. The number of carbonyl (C=O) groups excluding carboxylic acids is 1. The lowest BCUT2D eigenvalue weighted by Gasteiger charge is -2.17. The van der Waals surface area contributed by atoms with E-state index in [2.05, 4.69) is 20.9 Å². The molecule has 0 aliphatic heterocycles. The highest BCUT2D eigenvalue weighted by molar-refractivity contribution is 5.95. The van der Waals surface area contributed by atoms with Gasteiger partial charge in [-0.2, -0.15) is 0 Å². The van der Waals surface area contributed by atoms with Crippen LogP contribution in [0, 0.1) is 5.82 Å². The van der Waals surface area contributed by atoms with Gasteiger partial charge in [0.25, 0.3) is 5.91 Å². The van der Waals surface area contributed by atoms with Crippen LogP contribution < -0.4 is 16.0 Å². The van der Waals surface area contributed by atoms with Gasteiger partial charge in [-0.25, -0.2) is 19.0 Å². The third-order valence-electron chi connectivity index (χ3n) is 5.10. The largest absolute Gasteiger partial charge is 0.465 e. The molecular weight excluding hydrogens is 433 g/mol. The van der Waals surface area contributed by atoms with Crippen LogP contribution in [0.25, 0.3) is 22.2 Å². The fourth-order valence-electron chi connectivity index (χ4n) is 3.46. The average Bonchev–Trinajstić information content (AvgIpc) is 3.10. The van der Waals surface area contributed by atoms with Gasteiger partial charge >= 0.3 is 12.2 Å². The third-order valence-corrected chi connectivity index (χ3v) is 5.10. The van der Waals surface area contributed by atoms with Crippen LogP contribution in [0.2, 0.25) is 0 Å². The van der Waals surface area contributed by atoms with Crippen LogP contribution in [0.1, 0.15) is 23.5 Å². The van der Waals surface area contributed by atoms with Crippen molar-refractivity contribution in [2.75, 3.05) is 13.1 Å². The van der Waals surface area contributed by atoms with E-state index in [1.807, 2.05) is 18.2 Å². The molecular formula is C22H24FN5O5. The summed E-state index contributed by atoms with van der Waals surface area (Å²) < 4.78 is 14.8. The fourth-order valence-corrected chi connectivity index (χ4v) is 3.46. The summed E-state index contributed by atoms with van der Waals surface area (Å²) in [7, 11) is 1.70. The van der Waals surface area contributed by atoms with Gasteiger partial charge in [0.05, 0.1) is 11.0 Å². The van der Waals surface area contributed by atoms with Gasteiger partial charge in [0.15, 0.2) is 5.82 Å². The Morgan fingerprint density at radius 3 is 2.39 bits per heavy atom. The number of nitrogens with one attached hydrogen (secondary N) is 3. The van der Waals surface area contributed by atoms with Gasteiger partial charge in [0.2, 0.25) is 0 Å². The van der Waals surface area contributed by atoms with E-state index in [1.54, 1.807) is 23.7 Å². The van der Waals surface area contributed by atoms with E-state index in [-0.39, 0.29) is 24.7 Å². The number of hydrogen-bond donors (Lipinski definition) is 5. The van der Waals surface area contributed by atoms with Crippen molar-refractivity contribution in [3.63, 3.8) is 0 Å². The molecule has 1 heterocycles. The van der Waals surface area contributed by atoms with Gasteiger partial charge in [-0.15, -0.1) is 0 Å². The van der Waals surface area contributed by atoms with Crippen LogP contribution in [-0.2, 0) is 7.05 Å². The van der Waals surface area contributed by atoms with Crippen molar-refractivity contribution >= 4 is 29.1 Å². The van der Waals surface area contributed by atoms with E-state index in [4.69, 9.17) is 10.2 Å². The standard InChI is InChI=1S/C22H24FN5O5/c1-28-18-9-6-14(13-4-7-15(23)8-5-13)11-17(18)27-19(28)20(29)25-12-16(26-22(32)33)3-2-10-24-21(30)31/h4-9,11,16,24,26H,2-3,10,12H2,1H3,(H,25,29)(H,30,31)(H,32,33)/t16-/m0/s1. The molecule has 5 N–H and O–H groups in total. The second kappa shape index (κ2) is 10.4. The molecule has 3 amide bonds. The van der Waals surface area contributed by atoms with Crippen LogP contribution in [0.3, 0.4) is 0 Å². The predicted octanol–water partition coefficient (Wildman–Crippen LogP) is 2.79. The molecule has 0 aliphatic carbocycles. The quantitative estimate of drug-likeness (QED) is 0.312. The van der Waals surface area contributed by atoms with Gasteiger partial charge < -0.3 is 30.7 Å². The Bertz CT molecular complexity index is 1160. The highest BCUT2D eigenvalue weighted by Gasteiger charge is 2.18. The van der Waals surface area contributed by atoms with Gasteiger partial charge in [-0.05, 0) is 48.2 Å². The zero-order valence-electron chi connectivity index (χ0n) is 17.8. The summed E-state index contributed by atoms with van der Waals surface area (Å²) in [6.07, 6.45) is -1.67. The van der Waals surface area contributed by atoms with Crippen molar-refractivity contribution in [3.8, 4) is 11.1 Å². The monoisotopic (exact) mass is 457 g/mol.